The van der Waals surface area contributed by atoms with E-state index in [0.717, 1.165) is 24.6 Å². The summed E-state index contributed by atoms with van der Waals surface area (Å²) in [6, 6.07) is 0.505. The number of thiazole rings is 1. The van der Waals surface area contributed by atoms with Crippen LogP contribution in [0.5, 0.6) is 0 Å². The van der Waals surface area contributed by atoms with Gasteiger partial charge in [-0.3, -0.25) is 0 Å². The van der Waals surface area contributed by atoms with Crippen molar-refractivity contribution >= 4 is 16.5 Å². The number of nitrogens with zero attached hydrogens (tertiary/aromatic N) is 1. The molecule has 1 aromatic rings. The monoisotopic (exact) mass is 212 g/mol. The molecule has 14 heavy (non-hydrogen) atoms. The van der Waals surface area contributed by atoms with Crippen molar-refractivity contribution in [2.75, 3.05) is 11.9 Å². The average Bonchev–Trinajstić information content (AvgIpc) is 2.54. The fourth-order valence-corrected chi connectivity index (χ4v) is 2.43. The first-order chi connectivity index (χ1) is 6.66. The lowest BCUT2D eigenvalue weighted by Gasteiger charge is -2.35. The molecule has 3 nitrogen and oxygen atoms in total. The third-order valence-corrected chi connectivity index (χ3v) is 3.16. The van der Waals surface area contributed by atoms with E-state index >= 15 is 0 Å². The van der Waals surface area contributed by atoms with Crippen LogP contribution in [0.1, 0.15) is 26.7 Å². The molecule has 2 heterocycles. The second kappa shape index (κ2) is 3.87. The van der Waals surface area contributed by atoms with Crippen molar-refractivity contribution in [2.24, 2.45) is 0 Å². The zero-order valence-electron chi connectivity index (χ0n) is 8.62. The standard InChI is InChI=1S/C10H16N2OS/c1-10(2)7-8(3-5-13-10)12-9-11-4-6-14-9/h4,6,8H,3,5,7H2,1-2H3,(H,11,12). The summed E-state index contributed by atoms with van der Waals surface area (Å²) in [6.45, 7) is 5.13. The molecule has 0 spiro atoms. The van der Waals surface area contributed by atoms with E-state index in [0.29, 0.717) is 6.04 Å². The van der Waals surface area contributed by atoms with Crippen LogP contribution in [0.15, 0.2) is 11.6 Å². The van der Waals surface area contributed by atoms with E-state index in [2.05, 4.69) is 24.1 Å². The van der Waals surface area contributed by atoms with Crippen molar-refractivity contribution < 1.29 is 4.74 Å². The summed E-state index contributed by atoms with van der Waals surface area (Å²) in [5, 5.41) is 6.46. The number of ether oxygens (including phenoxy) is 1. The molecule has 1 unspecified atom stereocenters. The summed E-state index contributed by atoms with van der Waals surface area (Å²) in [7, 11) is 0. The van der Waals surface area contributed by atoms with Gasteiger partial charge in [0.15, 0.2) is 5.13 Å². The maximum absolute atomic E-state index is 5.66. The molecular formula is C10H16N2OS. The highest BCUT2D eigenvalue weighted by Crippen LogP contribution is 2.26. The van der Waals surface area contributed by atoms with E-state index in [1.807, 2.05) is 11.6 Å². The first-order valence-corrected chi connectivity index (χ1v) is 5.84. The zero-order chi connectivity index (χ0) is 10.0. The molecule has 1 saturated heterocycles. The molecule has 4 heteroatoms. The van der Waals surface area contributed by atoms with E-state index in [-0.39, 0.29) is 5.60 Å². The predicted octanol–water partition coefficient (Wildman–Crippen LogP) is 2.51. The van der Waals surface area contributed by atoms with Crippen molar-refractivity contribution in [1.29, 1.82) is 0 Å². The summed E-state index contributed by atoms with van der Waals surface area (Å²) in [4.78, 5) is 4.22. The molecule has 2 rings (SSSR count). The Hall–Kier alpha value is -0.610. The van der Waals surface area contributed by atoms with Gasteiger partial charge in [-0.25, -0.2) is 4.98 Å². The minimum absolute atomic E-state index is 0.00712. The lowest BCUT2D eigenvalue weighted by molar-refractivity contribution is -0.0553. The second-order valence-electron chi connectivity index (χ2n) is 4.28. The molecule has 1 fully saturated rings. The number of aromatic nitrogens is 1. The van der Waals surface area contributed by atoms with Gasteiger partial charge in [0.1, 0.15) is 0 Å². The molecule has 1 N–H and O–H groups in total. The van der Waals surface area contributed by atoms with Crippen LogP contribution in [0, 0.1) is 0 Å². The SMILES string of the molecule is CC1(C)CC(Nc2nccs2)CCO1. The Bertz CT molecular complexity index is 284. The minimum Gasteiger partial charge on any atom is -0.375 e. The molecule has 0 saturated carbocycles. The lowest BCUT2D eigenvalue weighted by Crippen LogP contribution is -2.40. The molecule has 0 aromatic carbocycles. The Morgan fingerprint density at radius 1 is 1.64 bits per heavy atom. The molecule has 1 aliphatic rings. The highest BCUT2D eigenvalue weighted by Gasteiger charge is 2.28. The van der Waals surface area contributed by atoms with Crippen LogP contribution in [0.25, 0.3) is 0 Å². The Morgan fingerprint density at radius 3 is 3.14 bits per heavy atom. The number of nitrogens with one attached hydrogen (secondary N) is 1. The van der Waals surface area contributed by atoms with Crippen LogP contribution >= 0.6 is 11.3 Å². The Labute approximate surface area is 88.5 Å². The largest absolute Gasteiger partial charge is 0.375 e. The maximum atomic E-state index is 5.66. The van der Waals surface area contributed by atoms with Gasteiger partial charge in [0, 0.05) is 24.2 Å². The molecule has 0 radical (unpaired) electrons. The number of hydrogen-bond donors (Lipinski definition) is 1. The number of hydrogen-bond acceptors (Lipinski definition) is 4. The Kier molecular flexibility index (Phi) is 2.74. The Balaban J connectivity index is 1.92. The van der Waals surface area contributed by atoms with Crippen molar-refractivity contribution in [2.45, 2.75) is 38.3 Å². The summed E-state index contributed by atoms with van der Waals surface area (Å²) in [6.07, 6.45) is 3.95. The summed E-state index contributed by atoms with van der Waals surface area (Å²) >= 11 is 1.65. The predicted molar refractivity (Wildman–Crippen MR) is 58.8 cm³/mol. The van der Waals surface area contributed by atoms with Gasteiger partial charge in [0.05, 0.1) is 5.60 Å². The van der Waals surface area contributed by atoms with Gasteiger partial charge in [-0.2, -0.15) is 0 Å². The molecule has 0 amide bonds. The molecule has 78 valence electrons. The normalized spacial score (nSPS) is 26.0. The Morgan fingerprint density at radius 2 is 2.50 bits per heavy atom. The molecule has 0 aliphatic carbocycles. The fraction of sp³-hybridized carbons (Fsp3) is 0.700. The first kappa shape index (κ1) is 9.93. The summed E-state index contributed by atoms with van der Waals surface area (Å²) in [5.74, 6) is 0. The van der Waals surface area contributed by atoms with E-state index in [1.165, 1.54) is 0 Å². The number of anilines is 1. The quantitative estimate of drug-likeness (QED) is 0.818. The van der Waals surface area contributed by atoms with Crippen molar-refractivity contribution in [3.8, 4) is 0 Å². The van der Waals surface area contributed by atoms with E-state index < -0.39 is 0 Å². The third-order valence-electron chi connectivity index (χ3n) is 2.46. The van der Waals surface area contributed by atoms with Crippen LogP contribution < -0.4 is 5.32 Å². The average molecular weight is 212 g/mol. The van der Waals surface area contributed by atoms with Gasteiger partial charge in [-0.15, -0.1) is 11.3 Å². The van der Waals surface area contributed by atoms with Crippen molar-refractivity contribution in [3.63, 3.8) is 0 Å². The van der Waals surface area contributed by atoms with Gasteiger partial charge in [0.2, 0.25) is 0 Å². The van der Waals surface area contributed by atoms with E-state index in [9.17, 15) is 0 Å². The van der Waals surface area contributed by atoms with E-state index in [1.54, 1.807) is 11.3 Å². The maximum Gasteiger partial charge on any atom is 0.182 e. The topological polar surface area (TPSA) is 34.2 Å². The highest BCUT2D eigenvalue weighted by molar-refractivity contribution is 7.13. The first-order valence-electron chi connectivity index (χ1n) is 4.96. The summed E-state index contributed by atoms with van der Waals surface area (Å²) in [5.41, 5.74) is 0.00712. The van der Waals surface area contributed by atoms with Crippen molar-refractivity contribution in [1.82, 2.24) is 4.98 Å². The van der Waals surface area contributed by atoms with Crippen LogP contribution in [-0.2, 0) is 4.74 Å². The molecule has 1 aromatic heterocycles. The lowest BCUT2D eigenvalue weighted by atomic mass is 9.94. The van der Waals surface area contributed by atoms with Crippen LogP contribution in [-0.4, -0.2) is 23.2 Å². The second-order valence-corrected chi connectivity index (χ2v) is 5.17. The molecular weight excluding hydrogens is 196 g/mol. The van der Waals surface area contributed by atoms with Crippen LogP contribution in [0.4, 0.5) is 5.13 Å². The zero-order valence-corrected chi connectivity index (χ0v) is 9.43. The molecule has 1 aliphatic heterocycles. The van der Waals surface area contributed by atoms with Gasteiger partial charge in [0.25, 0.3) is 0 Å². The third kappa shape index (κ3) is 2.45. The van der Waals surface area contributed by atoms with Crippen LogP contribution in [0.2, 0.25) is 0 Å². The van der Waals surface area contributed by atoms with Gasteiger partial charge < -0.3 is 10.1 Å². The van der Waals surface area contributed by atoms with Gasteiger partial charge in [-0.05, 0) is 26.7 Å². The van der Waals surface area contributed by atoms with Crippen molar-refractivity contribution in [3.05, 3.63) is 11.6 Å². The van der Waals surface area contributed by atoms with Gasteiger partial charge in [-0.1, -0.05) is 0 Å². The van der Waals surface area contributed by atoms with Gasteiger partial charge >= 0.3 is 0 Å². The smallest absolute Gasteiger partial charge is 0.182 e. The van der Waals surface area contributed by atoms with E-state index in [4.69, 9.17) is 4.74 Å². The highest BCUT2D eigenvalue weighted by atomic mass is 32.1. The molecule has 1 atom stereocenters. The minimum atomic E-state index is 0.00712. The number of rotatable bonds is 2. The fourth-order valence-electron chi connectivity index (χ4n) is 1.82. The summed E-state index contributed by atoms with van der Waals surface area (Å²) < 4.78 is 5.66. The van der Waals surface area contributed by atoms with Crippen LogP contribution in [0.3, 0.4) is 0 Å². The molecule has 0 bridgehead atoms.